The summed E-state index contributed by atoms with van der Waals surface area (Å²) in [6.07, 6.45) is 3.33. The molecule has 2 amide bonds. The summed E-state index contributed by atoms with van der Waals surface area (Å²) in [6.45, 7) is 1.50. The monoisotopic (exact) mass is 335 g/mol. The van der Waals surface area contributed by atoms with Gasteiger partial charge in [0.15, 0.2) is 0 Å². The molecule has 120 valence electrons. The molecule has 23 heavy (non-hydrogen) atoms. The minimum atomic E-state index is -0.631. The van der Waals surface area contributed by atoms with E-state index in [4.69, 9.17) is 11.6 Å². The lowest BCUT2D eigenvalue weighted by Gasteiger charge is -2.34. The highest BCUT2D eigenvalue weighted by molar-refractivity contribution is 6.33. The summed E-state index contributed by atoms with van der Waals surface area (Å²) < 4.78 is 13.8. The number of hydrogen-bond donors (Lipinski definition) is 1. The topological polar surface area (TPSA) is 56.4 Å². The lowest BCUT2D eigenvalue weighted by molar-refractivity contribution is 0.0533. The van der Waals surface area contributed by atoms with Gasteiger partial charge in [0.1, 0.15) is 5.82 Å². The first-order valence-electron chi connectivity index (χ1n) is 7.23. The largest absolute Gasteiger partial charge is 0.367 e. The van der Waals surface area contributed by atoms with Crippen LogP contribution in [0.3, 0.4) is 0 Å². The molecule has 0 saturated carbocycles. The number of carbonyl (C=O) groups is 2. The van der Waals surface area contributed by atoms with Crippen LogP contribution in [-0.4, -0.2) is 52.8 Å². The number of piperazine rings is 1. The third-order valence-corrected chi connectivity index (χ3v) is 4.19. The van der Waals surface area contributed by atoms with Crippen LogP contribution in [0.25, 0.3) is 0 Å². The van der Waals surface area contributed by atoms with Gasteiger partial charge in [-0.2, -0.15) is 0 Å². The Kier molecular flexibility index (Phi) is 4.34. The van der Waals surface area contributed by atoms with E-state index in [0.29, 0.717) is 31.7 Å². The van der Waals surface area contributed by atoms with Crippen LogP contribution < -0.4 is 0 Å². The lowest BCUT2D eigenvalue weighted by Crippen LogP contribution is -2.50. The zero-order valence-corrected chi connectivity index (χ0v) is 13.0. The zero-order chi connectivity index (χ0) is 16.4. The normalized spacial score (nSPS) is 14.9. The maximum atomic E-state index is 13.8. The molecule has 2 heterocycles. The Hall–Kier alpha value is -2.34. The Labute approximate surface area is 137 Å². The van der Waals surface area contributed by atoms with E-state index >= 15 is 0 Å². The highest BCUT2D eigenvalue weighted by Crippen LogP contribution is 2.21. The number of halogens is 2. The van der Waals surface area contributed by atoms with Crippen molar-refractivity contribution in [3.05, 3.63) is 58.6 Å². The Bertz CT molecular complexity index is 705. The SMILES string of the molecule is O=C(c1cc[nH]c1)N1CCN(C(=O)c2c(F)cccc2Cl)CC1. The van der Waals surface area contributed by atoms with Gasteiger partial charge in [-0.05, 0) is 18.2 Å². The maximum Gasteiger partial charge on any atom is 0.258 e. The molecule has 1 saturated heterocycles. The number of benzene rings is 1. The van der Waals surface area contributed by atoms with E-state index in [1.165, 1.54) is 23.1 Å². The van der Waals surface area contributed by atoms with Crippen LogP contribution in [0.2, 0.25) is 5.02 Å². The standard InChI is InChI=1S/C16H15ClFN3O2/c17-12-2-1-3-13(18)14(12)16(23)21-8-6-20(7-9-21)15(22)11-4-5-19-10-11/h1-5,10,19H,6-9H2. The molecule has 0 atom stereocenters. The van der Waals surface area contributed by atoms with Crippen LogP contribution in [-0.2, 0) is 0 Å². The number of amides is 2. The van der Waals surface area contributed by atoms with Gasteiger partial charge in [-0.25, -0.2) is 4.39 Å². The number of aromatic nitrogens is 1. The molecule has 3 rings (SSSR count). The van der Waals surface area contributed by atoms with Crippen LogP contribution in [0.15, 0.2) is 36.7 Å². The van der Waals surface area contributed by atoms with Gasteiger partial charge in [0.25, 0.3) is 11.8 Å². The molecule has 1 aliphatic heterocycles. The van der Waals surface area contributed by atoms with Crippen molar-refractivity contribution in [3.63, 3.8) is 0 Å². The number of carbonyl (C=O) groups excluding carboxylic acids is 2. The van der Waals surface area contributed by atoms with Crippen molar-refractivity contribution in [2.24, 2.45) is 0 Å². The van der Waals surface area contributed by atoms with Crippen LogP contribution in [0.5, 0.6) is 0 Å². The smallest absolute Gasteiger partial charge is 0.258 e. The fraction of sp³-hybridized carbons (Fsp3) is 0.250. The van der Waals surface area contributed by atoms with E-state index < -0.39 is 11.7 Å². The molecule has 1 aromatic carbocycles. The molecule has 1 N–H and O–H groups in total. The van der Waals surface area contributed by atoms with E-state index in [0.717, 1.165) is 0 Å². The van der Waals surface area contributed by atoms with E-state index in [1.54, 1.807) is 23.4 Å². The van der Waals surface area contributed by atoms with E-state index in [2.05, 4.69) is 4.98 Å². The highest BCUT2D eigenvalue weighted by atomic mass is 35.5. The number of hydrogen-bond acceptors (Lipinski definition) is 2. The van der Waals surface area contributed by atoms with Crippen molar-refractivity contribution in [3.8, 4) is 0 Å². The van der Waals surface area contributed by atoms with Gasteiger partial charge in [0, 0.05) is 38.6 Å². The third kappa shape index (κ3) is 3.07. The van der Waals surface area contributed by atoms with Crippen molar-refractivity contribution in [2.75, 3.05) is 26.2 Å². The Morgan fingerprint density at radius 3 is 2.26 bits per heavy atom. The molecule has 0 aliphatic carbocycles. The van der Waals surface area contributed by atoms with Gasteiger partial charge in [-0.1, -0.05) is 17.7 Å². The van der Waals surface area contributed by atoms with Crippen molar-refractivity contribution in [1.82, 2.24) is 14.8 Å². The number of rotatable bonds is 2. The van der Waals surface area contributed by atoms with E-state index in [-0.39, 0.29) is 16.5 Å². The lowest BCUT2D eigenvalue weighted by atomic mass is 10.1. The van der Waals surface area contributed by atoms with Crippen molar-refractivity contribution in [2.45, 2.75) is 0 Å². The second-order valence-corrected chi connectivity index (χ2v) is 5.69. The highest BCUT2D eigenvalue weighted by Gasteiger charge is 2.28. The molecule has 7 heteroatoms. The zero-order valence-electron chi connectivity index (χ0n) is 12.3. The van der Waals surface area contributed by atoms with Gasteiger partial charge in [-0.15, -0.1) is 0 Å². The molecule has 0 unspecified atom stereocenters. The van der Waals surface area contributed by atoms with Gasteiger partial charge >= 0.3 is 0 Å². The van der Waals surface area contributed by atoms with Crippen LogP contribution >= 0.6 is 11.6 Å². The van der Waals surface area contributed by atoms with Crippen LogP contribution in [0.4, 0.5) is 4.39 Å². The number of aromatic amines is 1. The van der Waals surface area contributed by atoms with Gasteiger partial charge in [-0.3, -0.25) is 9.59 Å². The average Bonchev–Trinajstić information content (AvgIpc) is 3.08. The second kappa shape index (κ2) is 6.42. The van der Waals surface area contributed by atoms with Crippen molar-refractivity contribution in [1.29, 1.82) is 0 Å². The third-order valence-electron chi connectivity index (χ3n) is 3.88. The van der Waals surface area contributed by atoms with Gasteiger partial charge < -0.3 is 14.8 Å². The molecule has 0 bridgehead atoms. The number of nitrogens with zero attached hydrogens (tertiary/aromatic N) is 2. The fourth-order valence-electron chi connectivity index (χ4n) is 2.61. The molecule has 5 nitrogen and oxygen atoms in total. The summed E-state index contributed by atoms with van der Waals surface area (Å²) in [5.41, 5.74) is 0.474. The Balaban J connectivity index is 1.67. The summed E-state index contributed by atoms with van der Waals surface area (Å²) in [5, 5.41) is 0.0980. The van der Waals surface area contributed by atoms with Gasteiger partial charge in [0.2, 0.25) is 0 Å². The quantitative estimate of drug-likeness (QED) is 0.916. The molecular formula is C16H15ClFN3O2. The first kappa shape index (κ1) is 15.6. The van der Waals surface area contributed by atoms with Crippen LogP contribution in [0, 0.1) is 5.82 Å². The first-order chi connectivity index (χ1) is 11.1. The molecular weight excluding hydrogens is 321 g/mol. The number of H-pyrrole nitrogens is 1. The van der Waals surface area contributed by atoms with Crippen molar-refractivity contribution < 1.29 is 14.0 Å². The first-order valence-corrected chi connectivity index (χ1v) is 7.61. The summed E-state index contributed by atoms with van der Waals surface area (Å²) in [4.78, 5) is 30.7. The molecule has 1 aliphatic rings. The Morgan fingerprint density at radius 1 is 1.04 bits per heavy atom. The average molecular weight is 336 g/mol. The molecule has 1 fully saturated rings. The van der Waals surface area contributed by atoms with Gasteiger partial charge in [0.05, 0.1) is 16.1 Å². The molecule has 0 radical (unpaired) electrons. The van der Waals surface area contributed by atoms with Crippen molar-refractivity contribution >= 4 is 23.4 Å². The second-order valence-electron chi connectivity index (χ2n) is 5.28. The molecule has 2 aromatic rings. The predicted octanol–water partition coefficient (Wildman–Crippen LogP) is 2.41. The maximum absolute atomic E-state index is 13.8. The minimum absolute atomic E-state index is 0.0812. The molecule has 1 aromatic heterocycles. The summed E-state index contributed by atoms with van der Waals surface area (Å²) in [6, 6.07) is 5.87. The number of nitrogens with one attached hydrogen (secondary N) is 1. The van der Waals surface area contributed by atoms with E-state index in [9.17, 15) is 14.0 Å². The van der Waals surface area contributed by atoms with E-state index in [1.807, 2.05) is 0 Å². The van der Waals surface area contributed by atoms with Crippen LogP contribution in [0.1, 0.15) is 20.7 Å². The fourth-order valence-corrected chi connectivity index (χ4v) is 2.86. The molecule has 0 spiro atoms. The summed E-state index contributed by atoms with van der Waals surface area (Å²) in [5.74, 6) is -1.16. The predicted molar refractivity (Wildman–Crippen MR) is 84.0 cm³/mol. The Morgan fingerprint density at radius 2 is 1.70 bits per heavy atom. The summed E-state index contributed by atoms with van der Waals surface area (Å²) in [7, 11) is 0. The summed E-state index contributed by atoms with van der Waals surface area (Å²) >= 11 is 5.93. The minimum Gasteiger partial charge on any atom is -0.367 e.